The smallest absolute Gasteiger partial charge is 0.351 e. The standard InChI is InChI=1S/C14H14N6O6/c1-2-14(13(23)24,19-11(21)5-6-12(19)22)16-9-4-3-8(17-18-15)7-10(9)20(25)26/h3-4,7,16H,2,5-6H2,1H3,(H,23,24). The van der Waals surface area contributed by atoms with E-state index in [4.69, 9.17) is 5.53 Å². The van der Waals surface area contributed by atoms with Crippen molar-refractivity contribution in [2.45, 2.75) is 31.8 Å². The van der Waals surface area contributed by atoms with E-state index in [1.54, 1.807) is 0 Å². The zero-order valence-corrected chi connectivity index (χ0v) is 13.6. The summed E-state index contributed by atoms with van der Waals surface area (Å²) in [6.45, 7) is 1.43. The number of nitrogens with one attached hydrogen (secondary N) is 1. The van der Waals surface area contributed by atoms with Crippen LogP contribution in [0.5, 0.6) is 0 Å². The van der Waals surface area contributed by atoms with E-state index in [-0.39, 0.29) is 30.6 Å². The zero-order chi connectivity index (χ0) is 19.5. The summed E-state index contributed by atoms with van der Waals surface area (Å²) in [5, 5.41) is 26.7. The summed E-state index contributed by atoms with van der Waals surface area (Å²) >= 11 is 0. The lowest BCUT2D eigenvalue weighted by Gasteiger charge is -2.37. The van der Waals surface area contributed by atoms with Crippen molar-refractivity contribution in [2.75, 3.05) is 5.32 Å². The molecular weight excluding hydrogens is 348 g/mol. The van der Waals surface area contributed by atoms with Gasteiger partial charge in [-0.15, -0.1) is 0 Å². The molecule has 0 radical (unpaired) electrons. The minimum Gasteiger partial charge on any atom is -0.478 e. The predicted octanol–water partition coefficient (Wildman–Crippen LogP) is 2.29. The van der Waals surface area contributed by atoms with Gasteiger partial charge in [-0.2, -0.15) is 0 Å². The minimum absolute atomic E-state index is 0.0458. The zero-order valence-electron chi connectivity index (χ0n) is 13.6. The third-order valence-electron chi connectivity index (χ3n) is 3.98. The third kappa shape index (κ3) is 3.13. The molecule has 1 aliphatic heterocycles. The first-order chi connectivity index (χ1) is 12.3. The molecule has 2 amide bonds. The summed E-state index contributed by atoms with van der Waals surface area (Å²) in [5.41, 5.74) is 5.42. The molecule has 1 atom stereocenters. The van der Waals surface area contributed by atoms with Gasteiger partial charge in [-0.3, -0.25) is 19.7 Å². The van der Waals surface area contributed by atoms with Crippen LogP contribution in [0.25, 0.3) is 10.4 Å². The molecule has 1 saturated heterocycles. The number of carboxylic acids is 1. The molecule has 1 heterocycles. The Morgan fingerprint density at radius 3 is 2.54 bits per heavy atom. The summed E-state index contributed by atoms with van der Waals surface area (Å²) in [6, 6.07) is 3.35. The largest absolute Gasteiger partial charge is 0.478 e. The molecule has 26 heavy (non-hydrogen) atoms. The number of carbonyl (C=O) groups excluding carboxylic acids is 2. The van der Waals surface area contributed by atoms with E-state index in [9.17, 15) is 29.6 Å². The van der Waals surface area contributed by atoms with Crippen molar-refractivity contribution in [2.24, 2.45) is 5.11 Å². The number of likely N-dealkylation sites (tertiary alicyclic amines) is 1. The highest BCUT2D eigenvalue weighted by Gasteiger charge is 2.51. The topological polar surface area (TPSA) is 179 Å². The number of aliphatic carboxylic acids is 1. The maximum Gasteiger partial charge on any atom is 0.351 e. The SMILES string of the molecule is CCC(Nc1ccc(N=[N+]=[N-])cc1[N+](=O)[O-])(C(=O)O)N1C(=O)CCC1=O. The van der Waals surface area contributed by atoms with Gasteiger partial charge >= 0.3 is 5.97 Å². The van der Waals surface area contributed by atoms with E-state index in [0.29, 0.717) is 4.90 Å². The molecule has 1 unspecified atom stereocenters. The van der Waals surface area contributed by atoms with Crippen molar-refractivity contribution in [3.63, 3.8) is 0 Å². The van der Waals surface area contributed by atoms with Crippen LogP contribution in [-0.2, 0) is 14.4 Å². The quantitative estimate of drug-likeness (QED) is 0.186. The average molecular weight is 362 g/mol. The number of nitro benzene ring substituents is 1. The first kappa shape index (κ1) is 18.7. The number of benzene rings is 1. The van der Waals surface area contributed by atoms with Gasteiger partial charge in [-0.1, -0.05) is 18.1 Å². The molecule has 12 heteroatoms. The number of hydrogen-bond acceptors (Lipinski definition) is 7. The number of imide groups is 1. The van der Waals surface area contributed by atoms with Gasteiger partial charge in [0.05, 0.1) is 4.92 Å². The third-order valence-corrected chi connectivity index (χ3v) is 3.98. The van der Waals surface area contributed by atoms with E-state index in [2.05, 4.69) is 15.3 Å². The Morgan fingerprint density at radius 1 is 1.46 bits per heavy atom. The number of nitrogens with zero attached hydrogens (tertiary/aromatic N) is 5. The second-order valence-electron chi connectivity index (χ2n) is 5.41. The maximum absolute atomic E-state index is 12.1. The van der Waals surface area contributed by atoms with E-state index in [1.165, 1.54) is 13.0 Å². The molecule has 1 fully saturated rings. The van der Waals surface area contributed by atoms with Gasteiger partial charge in [0.15, 0.2) is 0 Å². The van der Waals surface area contributed by atoms with Crippen molar-refractivity contribution < 1.29 is 24.4 Å². The van der Waals surface area contributed by atoms with Gasteiger partial charge in [0.1, 0.15) is 5.69 Å². The van der Waals surface area contributed by atoms with Crippen molar-refractivity contribution in [3.05, 3.63) is 38.8 Å². The fourth-order valence-corrected chi connectivity index (χ4v) is 2.72. The summed E-state index contributed by atoms with van der Waals surface area (Å²) in [6.07, 6.45) is -0.490. The number of amides is 2. The minimum atomic E-state index is -2.17. The maximum atomic E-state index is 12.1. The number of rotatable bonds is 7. The first-order valence-electron chi connectivity index (χ1n) is 7.47. The monoisotopic (exact) mass is 362 g/mol. The first-order valence-corrected chi connectivity index (χ1v) is 7.47. The van der Waals surface area contributed by atoms with Gasteiger partial charge in [0, 0.05) is 29.5 Å². The Kier molecular flexibility index (Phi) is 5.08. The molecule has 0 saturated carbocycles. The highest BCUT2D eigenvalue weighted by Crippen LogP contribution is 2.35. The Hall–Kier alpha value is -3.66. The molecule has 2 rings (SSSR count). The van der Waals surface area contributed by atoms with E-state index >= 15 is 0 Å². The number of azide groups is 1. The fraction of sp³-hybridized carbons (Fsp3) is 0.357. The summed E-state index contributed by atoms with van der Waals surface area (Å²) in [5.74, 6) is -2.89. The molecule has 12 nitrogen and oxygen atoms in total. The second kappa shape index (κ2) is 7.07. The van der Waals surface area contributed by atoms with Crippen LogP contribution in [0.15, 0.2) is 23.3 Å². The van der Waals surface area contributed by atoms with Gasteiger partial charge in [-0.25, -0.2) is 9.69 Å². The lowest BCUT2D eigenvalue weighted by atomic mass is 10.0. The summed E-state index contributed by atoms with van der Waals surface area (Å²) < 4.78 is 0. The van der Waals surface area contributed by atoms with Gasteiger partial charge in [0.25, 0.3) is 5.69 Å². The van der Waals surface area contributed by atoms with Crippen LogP contribution >= 0.6 is 0 Å². The van der Waals surface area contributed by atoms with Crippen LogP contribution in [-0.4, -0.2) is 38.4 Å². The molecule has 2 N–H and O–H groups in total. The molecule has 0 bridgehead atoms. The summed E-state index contributed by atoms with van der Waals surface area (Å²) in [7, 11) is 0. The molecular formula is C14H14N6O6. The van der Waals surface area contributed by atoms with Crippen LogP contribution in [0, 0.1) is 10.1 Å². The highest BCUT2D eigenvalue weighted by atomic mass is 16.6. The molecule has 0 spiro atoms. The number of nitro groups is 1. The van der Waals surface area contributed by atoms with Gasteiger partial charge in [-0.05, 0) is 18.0 Å². The molecule has 1 aliphatic rings. The highest BCUT2D eigenvalue weighted by molar-refractivity contribution is 6.07. The summed E-state index contributed by atoms with van der Waals surface area (Å²) in [4.78, 5) is 49.7. The van der Waals surface area contributed by atoms with Crippen LogP contribution in [0.4, 0.5) is 17.1 Å². The van der Waals surface area contributed by atoms with Crippen molar-refractivity contribution in [1.82, 2.24) is 4.90 Å². The lowest BCUT2D eigenvalue weighted by Crippen LogP contribution is -2.61. The predicted molar refractivity (Wildman–Crippen MR) is 87.3 cm³/mol. The fourth-order valence-electron chi connectivity index (χ4n) is 2.72. The average Bonchev–Trinajstić information content (AvgIpc) is 2.93. The van der Waals surface area contributed by atoms with Crippen LogP contribution in [0.2, 0.25) is 0 Å². The molecule has 1 aromatic carbocycles. The molecule has 1 aromatic rings. The van der Waals surface area contributed by atoms with E-state index < -0.39 is 34.1 Å². The number of carbonyl (C=O) groups is 3. The van der Waals surface area contributed by atoms with E-state index in [1.807, 2.05) is 0 Å². The Morgan fingerprint density at radius 2 is 2.08 bits per heavy atom. The number of anilines is 1. The van der Waals surface area contributed by atoms with Gasteiger partial charge in [0.2, 0.25) is 17.5 Å². The molecule has 136 valence electrons. The Balaban J connectivity index is 2.58. The van der Waals surface area contributed by atoms with Crippen molar-refractivity contribution in [1.29, 1.82) is 0 Å². The van der Waals surface area contributed by atoms with E-state index in [0.717, 1.165) is 12.1 Å². The van der Waals surface area contributed by atoms with Crippen LogP contribution < -0.4 is 5.32 Å². The number of carboxylic acid groups (broad SMARTS) is 1. The second-order valence-corrected chi connectivity index (χ2v) is 5.41. The normalized spacial score (nSPS) is 16.0. The van der Waals surface area contributed by atoms with Crippen LogP contribution in [0.3, 0.4) is 0 Å². The van der Waals surface area contributed by atoms with Crippen molar-refractivity contribution >= 4 is 34.8 Å². The Labute approximate surface area is 146 Å². The molecule has 0 aliphatic carbocycles. The van der Waals surface area contributed by atoms with Crippen molar-refractivity contribution in [3.8, 4) is 0 Å². The molecule has 0 aromatic heterocycles. The Bertz CT molecular complexity index is 832. The lowest BCUT2D eigenvalue weighted by molar-refractivity contribution is -0.384. The number of hydrogen-bond donors (Lipinski definition) is 2. The van der Waals surface area contributed by atoms with Crippen LogP contribution in [0.1, 0.15) is 26.2 Å². The van der Waals surface area contributed by atoms with Gasteiger partial charge < -0.3 is 10.4 Å².